The molecule has 0 saturated heterocycles. The maximum atomic E-state index is 12.7. The number of anilines is 1. The quantitative estimate of drug-likeness (QED) is 0.781. The first-order valence-corrected chi connectivity index (χ1v) is 5.73. The van der Waals surface area contributed by atoms with Gasteiger partial charge in [-0.25, -0.2) is 13.8 Å². The van der Waals surface area contributed by atoms with Crippen LogP contribution in [0.5, 0.6) is 5.88 Å². The summed E-state index contributed by atoms with van der Waals surface area (Å²) in [6.45, 7) is 2.66. The number of hydrogen-bond donors (Lipinski definition) is 1. The third kappa shape index (κ3) is 4.53. The fraction of sp³-hybridized carbons (Fsp3) is 0.636. The molecule has 1 N–H and O–H groups in total. The molecule has 0 atom stereocenters. The van der Waals surface area contributed by atoms with Crippen LogP contribution < -0.4 is 10.1 Å². The molecule has 0 aliphatic rings. The highest BCUT2D eigenvalue weighted by Crippen LogP contribution is 2.25. The Morgan fingerprint density at radius 2 is 2.11 bits per heavy atom. The minimum atomic E-state index is -4.20. The van der Waals surface area contributed by atoms with Crippen molar-refractivity contribution in [2.45, 2.75) is 32.6 Å². The highest BCUT2D eigenvalue weighted by atomic mass is 19.3. The Kier molecular flexibility index (Phi) is 5.31. The van der Waals surface area contributed by atoms with Gasteiger partial charge in [-0.1, -0.05) is 6.92 Å². The van der Waals surface area contributed by atoms with Gasteiger partial charge in [0.15, 0.2) is 6.61 Å². The normalized spacial score (nSPS) is 11.7. The van der Waals surface area contributed by atoms with Gasteiger partial charge in [0.05, 0.1) is 0 Å². The minimum absolute atomic E-state index is 0.131. The monoisotopic (exact) mass is 281 g/mol. The Morgan fingerprint density at radius 1 is 1.42 bits per heavy atom. The molecule has 0 aliphatic carbocycles. The second-order valence-corrected chi connectivity index (χ2v) is 3.96. The molecule has 0 aromatic carbocycles. The summed E-state index contributed by atoms with van der Waals surface area (Å²) in [5.74, 6) is -4.12. The summed E-state index contributed by atoms with van der Waals surface area (Å²) in [5.41, 5.74) is 0.395. The van der Waals surface area contributed by atoms with E-state index >= 15 is 0 Å². The Bertz CT molecular complexity index is 415. The van der Waals surface area contributed by atoms with Crippen LogP contribution in [0.4, 0.5) is 23.5 Å². The predicted octanol–water partition coefficient (Wildman–Crippen LogP) is 2.89. The molecule has 108 valence electrons. The van der Waals surface area contributed by atoms with E-state index in [9.17, 15) is 17.6 Å². The molecule has 19 heavy (non-hydrogen) atoms. The van der Waals surface area contributed by atoms with E-state index in [4.69, 9.17) is 0 Å². The third-order valence-electron chi connectivity index (χ3n) is 2.18. The van der Waals surface area contributed by atoms with Crippen molar-refractivity contribution < 1.29 is 22.3 Å². The van der Waals surface area contributed by atoms with E-state index in [0.29, 0.717) is 12.1 Å². The van der Waals surface area contributed by atoms with Gasteiger partial charge < -0.3 is 10.1 Å². The molecule has 0 saturated carbocycles. The first-order valence-electron chi connectivity index (χ1n) is 5.73. The first kappa shape index (κ1) is 15.5. The van der Waals surface area contributed by atoms with Crippen molar-refractivity contribution in [1.29, 1.82) is 0 Å². The molecule has 1 aromatic heterocycles. The van der Waals surface area contributed by atoms with Gasteiger partial charge in [0.25, 0.3) is 0 Å². The zero-order valence-electron chi connectivity index (χ0n) is 10.6. The molecule has 4 nitrogen and oxygen atoms in total. The molecule has 0 amide bonds. The van der Waals surface area contributed by atoms with Crippen LogP contribution in [0.3, 0.4) is 0 Å². The average molecular weight is 281 g/mol. The van der Waals surface area contributed by atoms with Gasteiger partial charge in [-0.15, -0.1) is 0 Å². The fourth-order valence-electron chi connectivity index (χ4n) is 1.12. The van der Waals surface area contributed by atoms with Gasteiger partial charge in [-0.2, -0.15) is 13.8 Å². The minimum Gasteiger partial charge on any atom is -0.471 e. The third-order valence-corrected chi connectivity index (χ3v) is 2.18. The Morgan fingerprint density at radius 3 is 2.68 bits per heavy atom. The van der Waals surface area contributed by atoms with E-state index in [1.807, 2.05) is 6.92 Å². The largest absolute Gasteiger partial charge is 0.471 e. The lowest BCUT2D eigenvalue weighted by molar-refractivity contribution is -0.148. The maximum absolute atomic E-state index is 12.7. The lowest BCUT2D eigenvalue weighted by Gasteiger charge is -2.16. The molecule has 0 bridgehead atoms. The molecule has 1 aromatic rings. The molecule has 0 spiro atoms. The molecule has 1 heterocycles. The van der Waals surface area contributed by atoms with Crippen LogP contribution in [0.2, 0.25) is 0 Å². The van der Waals surface area contributed by atoms with Gasteiger partial charge in [-0.05, 0) is 13.3 Å². The summed E-state index contributed by atoms with van der Waals surface area (Å²) >= 11 is 0. The van der Waals surface area contributed by atoms with Gasteiger partial charge >= 0.3 is 12.3 Å². The Balaban J connectivity index is 2.71. The lowest BCUT2D eigenvalue weighted by Crippen LogP contribution is -2.34. The van der Waals surface area contributed by atoms with Gasteiger partial charge in [0, 0.05) is 18.3 Å². The van der Waals surface area contributed by atoms with Crippen molar-refractivity contribution in [2.24, 2.45) is 0 Å². The van der Waals surface area contributed by atoms with Crippen LogP contribution in [0, 0.1) is 6.92 Å². The average Bonchev–Trinajstić information content (AvgIpc) is 2.36. The standard InChI is InChI=1S/C11H15F4N3O/c1-3-4-16-10-17-5-7(2)8(18-10)19-6-11(14,15)9(12)13/h5,9H,3-4,6H2,1-2H3,(H,16,17,18). The van der Waals surface area contributed by atoms with Crippen LogP contribution in [-0.2, 0) is 0 Å². The maximum Gasteiger partial charge on any atom is 0.340 e. The molecule has 0 radical (unpaired) electrons. The van der Waals surface area contributed by atoms with Crippen molar-refractivity contribution in [3.05, 3.63) is 11.8 Å². The van der Waals surface area contributed by atoms with E-state index in [0.717, 1.165) is 6.42 Å². The number of halogens is 4. The summed E-state index contributed by atoms with van der Waals surface area (Å²) in [5, 5.41) is 2.84. The van der Waals surface area contributed by atoms with Crippen molar-refractivity contribution in [2.75, 3.05) is 18.5 Å². The topological polar surface area (TPSA) is 47.0 Å². The predicted molar refractivity (Wildman–Crippen MR) is 62.0 cm³/mol. The number of aryl methyl sites for hydroxylation is 1. The van der Waals surface area contributed by atoms with Crippen LogP contribution >= 0.6 is 0 Å². The molecule has 1 rings (SSSR count). The zero-order valence-corrected chi connectivity index (χ0v) is 10.6. The number of rotatable bonds is 7. The second-order valence-electron chi connectivity index (χ2n) is 3.96. The van der Waals surface area contributed by atoms with Gasteiger partial charge in [-0.3, -0.25) is 0 Å². The number of hydrogen-bond acceptors (Lipinski definition) is 4. The fourth-order valence-corrected chi connectivity index (χ4v) is 1.12. The van der Waals surface area contributed by atoms with Gasteiger partial charge in [0.1, 0.15) is 0 Å². The summed E-state index contributed by atoms with van der Waals surface area (Å²) < 4.78 is 54.1. The van der Waals surface area contributed by atoms with Crippen LogP contribution in [0.15, 0.2) is 6.20 Å². The highest BCUT2D eigenvalue weighted by Gasteiger charge is 2.42. The number of ether oxygens (including phenoxy) is 1. The van der Waals surface area contributed by atoms with Crippen molar-refractivity contribution >= 4 is 5.95 Å². The van der Waals surface area contributed by atoms with E-state index in [1.165, 1.54) is 6.20 Å². The van der Waals surface area contributed by atoms with E-state index in [1.54, 1.807) is 6.92 Å². The van der Waals surface area contributed by atoms with E-state index in [-0.39, 0.29) is 11.8 Å². The molecule has 0 unspecified atom stereocenters. The van der Waals surface area contributed by atoms with Crippen molar-refractivity contribution in [3.8, 4) is 5.88 Å². The summed E-state index contributed by atoms with van der Waals surface area (Å²) in [4.78, 5) is 7.77. The Labute approximate surface area is 108 Å². The number of nitrogens with zero attached hydrogens (tertiary/aromatic N) is 2. The van der Waals surface area contributed by atoms with Crippen LogP contribution in [0.1, 0.15) is 18.9 Å². The van der Waals surface area contributed by atoms with Crippen LogP contribution in [-0.4, -0.2) is 35.5 Å². The molecule has 0 fully saturated rings. The molecular weight excluding hydrogens is 266 g/mol. The summed E-state index contributed by atoms with van der Waals surface area (Å²) in [7, 11) is 0. The molecule has 8 heteroatoms. The lowest BCUT2D eigenvalue weighted by atomic mass is 10.3. The highest BCUT2D eigenvalue weighted by molar-refractivity contribution is 5.32. The molecular formula is C11H15F4N3O. The number of aromatic nitrogens is 2. The Hall–Kier alpha value is -1.60. The van der Waals surface area contributed by atoms with Crippen molar-refractivity contribution in [1.82, 2.24) is 9.97 Å². The van der Waals surface area contributed by atoms with Crippen molar-refractivity contribution in [3.63, 3.8) is 0 Å². The van der Waals surface area contributed by atoms with E-state index in [2.05, 4.69) is 20.0 Å². The number of nitrogens with one attached hydrogen (secondary N) is 1. The van der Waals surface area contributed by atoms with Gasteiger partial charge in [0.2, 0.25) is 11.8 Å². The second kappa shape index (κ2) is 6.53. The molecule has 0 aliphatic heterocycles. The number of alkyl halides is 4. The summed E-state index contributed by atoms with van der Waals surface area (Å²) in [6.07, 6.45) is -1.56. The zero-order chi connectivity index (χ0) is 14.5. The first-order chi connectivity index (χ1) is 8.86. The SMILES string of the molecule is CCCNc1ncc(C)c(OCC(F)(F)C(F)F)n1. The smallest absolute Gasteiger partial charge is 0.340 e. The summed E-state index contributed by atoms with van der Waals surface area (Å²) in [6, 6.07) is 0. The van der Waals surface area contributed by atoms with Crippen LogP contribution in [0.25, 0.3) is 0 Å². The van der Waals surface area contributed by atoms with E-state index < -0.39 is 19.0 Å².